The number of benzene rings is 1. The molecule has 3 aromatic rings. The van der Waals surface area contributed by atoms with Gasteiger partial charge >= 0.3 is 12.2 Å². The number of thiazole rings is 1. The van der Waals surface area contributed by atoms with Crippen molar-refractivity contribution in [3.63, 3.8) is 0 Å². The molecule has 0 aliphatic carbocycles. The molecular weight excluding hydrogens is 469 g/mol. The normalized spacial score (nSPS) is 14.8. The van der Waals surface area contributed by atoms with Gasteiger partial charge in [-0.15, -0.1) is 11.3 Å². The van der Waals surface area contributed by atoms with Gasteiger partial charge in [-0.05, 0) is 38.0 Å². The number of likely N-dealkylation sites (tertiary alicyclic amines) is 1. The number of nitrogens with one attached hydrogen (secondary N) is 2. The monoisotopic (exact) mass is 492 g/mol. The van der Waals surface area contributed by atoms with Gasteiger partial charge in [0.05, 0.1) is 5.01 Å². The Morgan fingerprint density at radius 3 is 2.50 bits per heavy atom. The molecule has 1 fully saturated rings. The van der Waals surface area contributed by atoms with E-state index in [1.165, 1.54) is 18.3 Å². The Hall–Kier alpha value is -3.41. The molecule has 3 heterocycles. The number of amides is 3. The van der Waals surface area contributed by atoms with Crippen LogP contribution in [0.2, 0.25) is 0 Å². The Morgan fingerprint density at radius 2 is 1.85 bits per heavy atom. The summed E-state index contributed by atoms with van der Waals surface area (Å²) in [4.78, 5) is 30.9. The van der Waals surface area contributed by atoms with Crippen molar-refractivity contribution >= 4 is 34.8 Å². The fourth-order valence-electron chi connectivity index (χ4n) is 3.75. The predicted molar refractivity (Wildman–Crippen MR) is 122 cm³/mol. The number of hydrogen-bond acceptors (Lipinski definition) is 5. The molecule has 1 aromatic carbocycles. The lowest BCUT2D eigenvalue weighted by molar-refractivity contribution is -0.142. The van der Waals surface area contributed by atoms with E-state index in [0.29, 0.717) is 37.4 Å². The number of nitrogens with zero attached hydrogens (tertiary/aromatic N) is 4. The van der Waals surface area contributed by atoms with Gasteiger partial charge in [0.15, 0.2) is 5.69 Å². The molecule has 2 aromatic heterocycles. The van der Waals surface area contributed by atoms with Gasteiger partial charge < -0.3 is 10.2 Å². The van der Waals surface area contributed by atoms with Gasteiger partial charge in [-0.25, -0.2) is 9.78 Å². The summed E-state index contributed by atoms with van der Waals surface area (Å²) in [7, 11) is 0. The maximum absolute atomic E-state index is 12.8. The number of anilines is 2. The zero-order valence-corrected chi connectivity index (χ0v) is 19.1. The summed E-state index contributed by atoms with van der Waals surface area (Å²) in [5.41, 5.74) is -0.0377. The van der Waals surface area contributed by atoms with Crippen LogP contribution in [0.3, 0.4) is 0 Å². The summed E-state index contributed by atoms with van der Waals surface area (Å²) in [6, 6.07) is 9.62. The minimum atomic E-state index is -4.54. The molecule has 1 aliphatic heterocycles. The third kappa shape index (κ3) is 5.74. The van der Waals surface area contributed by atoms with Crippen LogP contribution < -0.4 is 10.6 Å². The van der Waals surface area contributed by atoms with Crippen LogP contribution in [0.25, 0.3) is 0 Å². The summed E-state index contributed by atoms with van der Waals surface area (Å²) in [5, 5.41) is 11.6. The number of aryl methyl sites for hydroxylation is 1. The Morgan fingerprint density at radius 1 is 1.15 bits per heavy atom. The molecular formula is C22H23F3N6O2S. The standard InChI is InChI=1S/C22H23F3N6O2S/c1-14-11-17(22(23,24)25)29-31(14)12-19(32)30-9-7-15(8-10-30)20-27-18(13-34-20)28-21(33)26-16-5-3-2-4-6-16/h2-6,11,13,15H,7-10,12H2,1H3,(H2,26,28,33). The predicted octanol–water partition coefficient (Wildman–Crippen LogP) is 4.72. The average molecular weight is 493 g/mol. The lowest BCUT2D eigenvalue weighted by Gasteiger charge is -2.31. The first-order chi connectivity index (χ1) is 16.2. The van der Waals surface area contributed by atoms with Crippen LogP contribution in [-0.4, -0.2) is 44.7 Å². The molecule has 0 bridgehead atoms. The maximum atomic E-state index is 12.8. The molecule has 4 rings (SSSR count). The van der Waals surface area contributed by atoms with E-state index < -0.39 is 11.9 Å². The van der Waals surface area contributed by atoms with Crippen LogP contribution in [0.1, 0.15) is 35.2 Å². The van der Waals surface area contributed by atoms with Crippen molar-refractivity contribution < 1.29 is 22.8 Å². The van der Waals surface area contributed by atoms with Gasteiger partial charge in [-0.3, -0.25) is 14.8 Å². The van der Waals surface area contributed by atoms with Crippen LogP contribution in [0.5, 0.6) is 0 Å². The first-order valence-electron chi connectivity index (χ1n) is 10.7. The van der Waals surface area contributed by atoms with Crippen LogP contribution in [0, 0.1) is 6.92 Å². The largest absolute Gasteiger partial charge is 0.435 e. The number of rotatable bonds is 5. The second-order valence-electron chi connectivity index (χ2n) is 8.00. The number of carbonyl (C=O) groups is 2. The van der Waals surface area contributed by atoms with Crippen molar-refractivity contribution in [3.8, 4) is 0 Å². The van der Waals surface area contributed by atoms with E-state index >= 15 is 0 Å². The topological polar surface area (TPSA) is 92.2 Å². The highest BCUT2D eigenvalue weighted by Crippen LogP contribution is 2.32. The van der Waals surface area contributed by atoms with Crippen molar-refractivity contribution in [2.24, 2.45) is 0 Å². The van der Waals surface area contributed by atoms with Crippen molar-refractivity contribution in [2.75, 3.05) is 23.7 Å². The number of para-hydroxylation sites is 1. The molecule has 1 saturated heterocycles. The second-order valence-corrected chi connectivity index (χ2v) is 8.89. The molecule has 34 heavy (non-hydrogen) atoms. The molecule has 0 unspecified atom stereocenters. The van der Waals surface area contributed by atoms with E-state index in [-0.39, 0.29) is 30.1 Å². The van der Waals surface area contributed by atoms with Gasteiger partial charge in [0.1, 0.15) is 12.4 Å². The average Bonchev–Trinajstić information content (AvgIpc) is 3.41. The molecule has 0 atom stereocenters. The molecule has 0 radical (unpaired) electrons. The molecule has 8 nitrogen and oxygen atoms in total. The highest BCUT2D eigenvalue weighted by Gasteiger charge is 2.35. The van der Waals surface area contributed by atoms with Gasteiger partial charge in [0.25, 0.3) is 0 Å². The first-order valence-corrected chi connectivity index (χ1v) is 11.5. The van der Waals surface area contributed by atoms with E-state index in [0.717, 1.165) is 15.8 Å². The number of alkyl halides is 3. The lowest BCUT2D eigenvalue weighted by atomic mass is 9.97. The smallest absolute Gasteiger partial charge is 0.341 e. The Bertz CT molecular complexity index is 1150. The van der Waals surface area contributed by atoms with Crippen molar-refractivity contribution in [3.05, 3.63) is 58.2 Å². The van der Waals surface area contributed by atoms with E-state index in [4.69, 9.17) is 0 Å². The van der Waals surface area contributed by atoms with E-state index in [1.54, 1.807) is 22.4 Å². The molecule has 1 aliphatic rings. The van der Waals surface area contributed by atoms with Crippen molar-refractivity contribution in [2.45, 2.75) is 38.4 Å². The van der Waals surface area contributed by atoms with E-state index in [2.05, 4.69) is 20.7 Å². The number of hydrogen-bond donors (Lipinski definition) is 2. The number of halogens is 3. The van der Waals surface area contributed by atoms with Crippen LogP contribution in [0.4, 0.5) is 29.5 Å². The zero-order valence-electron chi connectivity index (χ0n) is 18.3. The number of aromatic nitrogens is 3. The third-order valence-electron chi connectivity index (χ3n) is 5.55. The number of piperidine rings is 1. The van der Waals surface area contributed by atoms with E-state index in [1.807, 2.05) is 18.2 Å². The second kappa shape index (κ2) is 9.84. The summed E-state index contributed by atoms with van der Waals surface area (Å²) in [6.45, 7) is 2.23. The van der Waals surface area contributed by atoms with Crippen LogP contribution in [-0.2, 0) is 17.5 Å². The van der Waals surface area contributed by atoms with Gasteiger partial charge in [-0.1, -0.05) is 18.2 Å². The van der Waals surface area contributed by atoms with Gasteiger partial charge in [0, 0.05) is 35.8 Å². The summed E-state index contributed by atoms with van der Waals surface area (Å²) in [6.07, 6.45) is -3.18. The Balaban J connectivity index is 1.28. The highest BCUT2D eigenvalue weighted by atomic mass is 32.1. The summed E-state index contributed by atoms with van der Waals surface area (Å²) >= 11 is 1.45. The summed E-state index contributed by atoms with van der Waals surface area (Å²) in [5.74, 6) is 0.337. The Kier molecular flexibility index (Phi) is 6.87. The molecule has 12 heteroatoms. The molecule has 0 saturated carbocycles. The fourth-order valence-corrected chi connectivity index (χ4v) is 4.67. The van der Waals surface area contributed by atoms with Gasteiger partial charge in [-0.2, -0.15) is 18.3 Å². The van der Waals surface area contributed by atoms with Crippen molar-refractivity contribution in [1.82, 2.24) is 19.7 Å². The quantitative estimate of drug-likeness (QED) is 0.539. The minimum Gasteiger partial charge on any atom is -0.341 e. The summed E-state index contributed by atoms with van der Waals surface area (Å²) < 4.78 is 39.6. The molecule has 3 amide bonds. The minimum absolute atomic E-state index is 0.144. The first kappa shape index (κ1) is 23.7. The fraction of sp³-hybridized carbons (Fsp3) is 0.364. The maximum Gasteiger partial charge on any atom is 0.435 e. The number of urea groups is 1. The molecule has 180 valence electrons. The van der Waals surface area contributed by atoms with Crippen molar-refractivity contribution in [1.29, 1.82) is 0 Å². The van der Waals surface area contributed by atoms with Gasteiger partial charge in [0.2, 0.25) is 5.91 Å². The van der Waals surface area contributed by atoms with Crippen LogP contribution >= 0.6 is 11.3 Å². The van der Waals surface area contributed by atoms with E-state index in [9.17, 15) is 22.8 Å². The highest BCUT2D eigenvalue weighted by molar-refractivity contribution is 7.10. The third-order valence-corrected chi connectivity index (χ3v) is 6.56. The zero-order chi connectivity index (χ0) is 24.3. The lowest BCUT2D eigenvalue weighted by Crippen LogP contribution is -2.40. The SMILES string of the molecule is Cc1cc(C(F)(F)F)nn1CC(=O)N1CCC(c2nc(NC(=O)Nc3ccccc3)cs2)CC1. The van der Waals surface area contributed by atoms with Crippen LogP contribution in [0.15, 0.2) is 41.8 Å². The molecule has 0 spiro atoms. The molecule has 2 N–H and O–H groups in total. The Labute approximate surface area is 197 Å². The number of carbonyl (C=O) groups excluding carboxylic acids is 2.